The van der Waals surface area contributed by atoms with E-state index in [1.165, 1.54) is 0 Å². The third-order valence-corrected chi connectivity index (χ3v) is 4.15. The van der Waals surface area contributed by atoms with Gasteiger partial charge in [0.05, 0.1) is 6.16 Å². The normalized spacial score (nSPS) is 35.6. The molecule has 0 aromatic carbocycles. The Morgan fingerprint density at radius 2 is 2.00 bits per heavy atom. The van der Waals surface area contributed by atoms with Crippen LogP contribution in [0.25, 0.3) is 0 Å². The van der Waals surface area contributed by atoms with Gasteiger partial charge in [-0.25, -0.2) is 0 Å². The topological polar surface area (TPSA) is 54.4 Å². The van der Waals surface area contributed by atoms with Crippen molar-refractivity contribution in [1.82, 2.24) is 0 Å². The Labute approximate surface area is 70.9 Å². The van der Waals surface area contributed by atoms with E-state index in [-0.39, 0.29) is 18.1 Å². The summed E-state index contributed by atoms with van der Waals surface area (Å²) in [5.74, 6) is -0.0837. The Kier molecular flexibility index (Phi) is 1.74. The number of ketones is 1. The second-order valence-electron chi connectivity index (χ2n) is 3.52. The average Bonchev–Trinajstić information content (AvgIpc) is 2.31. The highest BCUT2D eigenvalue weighted by Crippen LogP contribution is 2.50. The van der Waals surface area contributed by atoms with Crippen molar-refractivity contribution >= 4 is 13.2 Å². The van der Waals surface area contributed by atoms with Gasteiger partial charge in [0.1, 0.15) is 0 Å². The summed E-state index contributed by atoms with van der Waals surface area (Å²) in [6.45, 7) is 0. The Morgan fingerprint density at radius 3 is 2.75 bits per heavy atom. The molecule has 1 aliphatic carbocycles. The molecule has 0 amide bonds. The summed E-state index contributed by atoms with van der Waals surface area (Å²) in [6.07, 6.45) is 2.82. The number of allylic oxidation sites excluding steroid dienone is 2. The van der Waals surface area contributed by atoms with Gasteiger partial charge in [-0.05, 0) is 24.8 Å². The van der Waals surface area contributed by atoms with Gasteiger partial charge in [0.2, 0.25) is 7.37 Å². The van der Waals surface area contributed by atoms with E-state index < -0.39 is 7.37 Å². The van der Waals surface area contributed by atoms with Crippen molar-refractivity contribution in [2.24, 2.45) is 0 Å². The van der Waals surface area contributed by atoms with Crippen LogP contribution in [0.2, 0.25) is 0 Å². The standard InChI is InChI=1S/C8H11O3P/c9-8-5-12(10,11)4-6-2-1-3-7(6)8/h1-5H2,(H,10,11). The number of rotatable bonds is 0. The molecule has 0 aromatic heterocycles. The molecule has 1 atom stereocenters. The fraction of sp³-hybridized carbons (Fsp3) is 0.625. The van der Waals surface area contributed by atoms with Crippen LogP contribution in [0.1, 0.15) is 19.3 Å². The molecule has 1 N–H and O–H groups in total. The fourth-order valence-corrected chi connectivity index (χ4v) is 3.69. The lowest BCUT2D eigenvalue weighted by atomic mass is 10.1. The fourth-order valence-electron chi connectivity index (χ4n) is 1.99. The number of hydrogen-bond acceptors (Lipinski definition) is 2. The maximum absolute atomic E-state index is 11.3. The summed E-state index contributed by atoms with van der Waals surface area (Å²) in [5.41, 5.74) is 1.81. The SMILES string of the molecule is O=C1CP(=O)(O)CC2=C1CCC2. The molecule has 66 valence electrons. The van der Waals surface area contributed by atoms with Crippen molar-refractivity contribution in [1.29, 1.82) is 0 Å². The first-order valence-corrected chi connectivity index (χ1v) is 6.16. The average molecular weight is 186 g/mol. The molecule has 12 heavy (non-hydrogen) atoms. The van der Waals surface area contributed by atoms with Crippen LogP contribution in [-0.4, -0.2) is 23.0 Å². The first-order valence-electron chi connectivity index (χ1n) is 4.13. The highest BCUT2D eigenvalue weighted by atomic mass is 31.2. The van der Waals surface area contributed by atoms with Gasteiger partial charge in [0, 0.05) is 6.16 Å². The largest absolute Gasteiger partial charge is 0.344 e. The summed E-state index contributed by atoms with van der Waals surface area (Å²) >= 11 is 0. The molecule has 1 aliphatic heterocycles. The van der Waals surface area contributed by atoms with Crippen molar-refractivity contribution < 1.29 is 14.3 Å². The number of hydrogen-bond donors (Lipinski definition) is 1. The third-order valence-electron chi connectivity index (χ3n) is 2.50. The Morgan fingerprint density at radius 1 is 1.25 bits per heavy atom. The van der Waals surface area contributed by atoms with Gasteiger partial charge < -0.3 is 4.89 Å². The quantitative estimate of drug-likeness (QED) is 0.580. The van der Waals surface area contributed by atoms with Crippen molar-refractivity contribution in [3.05, 3.63) is 11.1 Å². The first-order chi connectivity index (χ1) is 5.58. The molecule has 4 heteroatoms. The number of Topliss-reactive ketones (excluding diaryl/α,β-unsaturated/α-hetero) is 1. The lowest BCUT2D eigenvalue weighted by molar-refractivity contribution is -0.113. The monoisotopic (exact) mass is 186 g/mol. The summed E-state index contributed by atoms with van der Waals surface area (Å²) in [4.78, 5) is 20.6. The molecule has 1 unspecified atom stereocenters. The third kappa shape index (κ3) is 1.27. The van der Waals surface area contributed by atoms with E-state index in [1.54, 1.807) is 0 Å². The molecule has 1 heterocycles. The van der Waals surface area contributed by atoms with Crippen LogP contribution in [0, 0.1) is 0 Å². The van der Waals surface area contributed by atoms with Crippen LogP contribution in [-0.2, 0) is 9.36 Å². The molecule has 3 nitrogen and oxygen atoms in total. The van der Waals surface area contributed by atoms with E-state index in [0.29, 0.717) is 0 Å². The first kappa shape index (κ1) is 8.21. The maximum atomic E-state index is 11.3. The highest BCUT2D eigenvalue weighted by molar-refractivity contribution is 7.59. The van der Waals surface area contributed by atoms with Crippen molar-refractivity contribution in [2.45, 2.75) is 19.3 Å². The minimum absolute atomic E-state index is 0.0837. The number of carbonyl (C=O) groups is 1. The maximum Gasteiger partial charge on any atom is 0.212 e. The summed E-state index contributed by atoms with van der Waals surface area (Å²) < 4.78 is 11.3. The molecular weight excluding hydrogens is 175 g/mol. The molecular formula is C8H11O3P. The molecule has 0 spiro atoms. The predicted octanol–water partition coefficient (Wildman–Crippen LogP) is 1.32. The zero-order valence-electron chi connectivity index (χ0n) is 6.75. The van der Waals surface area contributed by atoms with Gasteiger partial charge in [-0.2, -0.15) is 0 Å². The molecule has 2 rings (SSSR count). The summed E-state index contributed by atoms with van der Waals surface area (Å²) in [6, 6.07) is 0. The van der Waals surface area contributed by atoms with E-state index >= 15 is 0 Å². The zero-order chi connectivity index (χ0) is 8.77. The van der Waals surface area contributed by atoms with E-state index in [9.17, 15) is 14.3 Å². The summed E-state index contributed by atoms with van der Waals surface area (Å²) in [5, 5.41) is 0. The van der Waals surface area contributed by atoms with Gasteiger partial charge in [-0.3, -0.25) is 9.36 Å². The van der Waals surface area contributed by atoms with Crippen LogP contribution in [0.5, 0.6) is 0 Å². The van der Waals surface area contributed by atoms with Gasteiger partial charge in [-0.15, -0.1) is 0 Å². The van der Waals surface area contributed by atoms with Crippen LogP contribution in [0.4, 0.5) is 0 Å². The second kappa shape index (κ2) is 2.54. The minimum atomic E-state index is -3.12. The van der Waals surface area contributed by atoms with Crippen molar-refractivity contribution in [2.75, 3.05) is 12.3 Å². The molecule has 2 aliphatic rings. The minimum Gasteiger partial charge on any atom is -0.344 e. The number of carbonyl (C=O) groups excluding carboxylic acids is 1. The smallest absolute Gasteiger partial charge is 0.212 e. The molecule has 0 aromatic rings. The van der Waals surface area contributed by atoms with Gasteiger partial charge in [-0.1, -0.05) is 5.57 Å². The Hall–Kier alpha value is -0.400. The van der Waals surface area contributed by atoms with E-state index in [1.807, 2.05) is 0 Å². The van der Waals surface area contributed by atoms with Crippen LogP contribution < -0.4 is 0 Å². The van der Waals surface area contributed by atoms with E-state index in [2.05, 4.69) is 0 Å². The van der Waals surface area contributed by atoms with Gasteiger partial charge in [0.15, 0.2) is 5.78 Å². The molecule has 0 fully saturated rings. The lowest BCUT2D eigenvalue weighted by Crippen LogP contribution is -2.16. The molecule has 0 saturated carbocycles. The Bertz CT molecular complexity index is 316. The highest BCUT2D eigenvalue weighted by Gasteiger charge is 2.35. The van der Waals surface area contributed by atoms with Crippen LogP contribution in [0.3, 0.4) is 0 Å². The van der Waals surface area contributed by atoms with E-state index in [4.69, 9.17) is 0 Å². The predicted molar refractivity (Wildman–Crippen MR) is 45.4 cm³/mol. The van der Waals surface area contributed by atoms with Crippen LogP contribution in [0.15, 0.2) is 11.1 Å². The summed E-state index contributed by atoms with van der Waals surface area (Å²) in [7, 11) is -3.12. The molecule has 0 bridgehead atoms. The Balaban J connectivity index is 2.38. The van der Waals surface area contributed by atoms with Crippen molar-refractivity contribution in [3.8, 4) is 0 Å². The lowest BCUT2D eigenvalue weighted by Gasteiger charge is -2.18. The van der Waals surface area contributed by atoms with Crippen LogP contribution >= 0.6 is 7.37 Å². The zero-order valence-corrected chi connectivity index (χ0v) is 7.64. The molecule has 0 saturated heterocycles. The second-order valence-corrected chi connectivity index (χ2v) is 5.85. The molecule has 0 radical (unpaired) electrons. The van der Waals surface area contributed by atoms with Gasteiger partial charge in [0.25, 0.3) is 0 Å². The van der Waals surface area contributed by atoms with Gasteiger partial charge >= 0.3 is 0 Å². The van der Waals surface area contributed by atoms with Crippen molar-refractivity contribution in [3.63, 3.8) is 0 Å². The van der Waals surface area contributed by atoms with E-state index in [0.717, 1.165) is 30.4 Å².